The van der Waals surface area contributed by atoms with Gasteiger partial charge in [0.15, 0.2) is 9.84 Å². The molecule has 1 aromatic rings. The van der Waals surface area contributed by atoms with Crippen LogP contribution in [0.1, 0.15) is 36.9 Å². The molecule has 0 amide bonds. The minimum atomic E-state index is -3.07. The normalized spacial score (nSPS) is 28.7. The van der Waals surface area contributed by atoms with E-state index in [1.165, 1.54) is 6.26 Å². The van der Waals surface area contributed by atoms with Crippen molar-refractivity contribution in [2.24, 2.45) is 0 Å². The van der Waals surface area contributed by atoms with E-state index in [9.17, 15) is 8.42 Å². The quantitative estimate of drug-likeness (QED) is 0.918. The fourth-order valence-electron chi connectivity index (χ4n) is 2.95. The zero-order valence-electron chi connectivity index (χ0n) is 11.1. The van der Waals surface area contributed by atoms with Crippen molar-refractivity contribution in [1.29, 1.82) is 0 Å². The average Bonchev–Trinajstić information content (AvgIpc) is 2.84. The van der Waals surface area contributed by atoms with E-state index < -0.39 is 15.4 Å². The lowest BCUT2D eigenvalue weighted by molar-refractivity contribution is 0.348. The molecule has 6 heteroatoms. The van der Waals surface area contributed by atoms with Crippen molar-refractivity contribution in [2.75, 3.05) is 12.8 Å². The molecule has 1 aliphatic carbocycles. The predicted molar refractivity (Wildman–Crippen MR) is 74.7 cm³/mol. The summed E-state index contributed by atoms with van der Waals surface area (Å²) < 4.78 is 24.1. The van der Waals surface area contributed by atoms with Gasteiger partial charge >= 0.3 is 0 Å². The Morgan fingerprint density at radius 3 is 2.83 bits per heavy atom. The fraction of sp³-hybridized carbons (Fsp3) is 0.750. The summed E-state index contributed by atoms with van der Waals surface area (Å²) in [5.41, 5.74) is 0.493. The first-order valence-electron chi connectivity index (χ1n) is 6.26. The van der Waals surface area contributed by atoms with Gasteiger partial charge in [0, 0.05) is 17.3 Å². The molecule has 0 bridgehead atoms. The Labute approximate surface area is 113 Å². The maximum absolute atomic E-state index is 12.0. The van der Waals surface area contributed by atoms with Gasteiger partial charge in [-0.1, -0.05) is 6.92 Å². The lowest BCUT2D eigenvalue weighted by atomic mass is 9.98. The Morgan fingerprint density at radius 1 is 1.61 bits per heavy atom. The summed E-state index contributed by atoms with van der Waals surface area (Å²) in [6.45, 7) is 4.72. The number of sulfone groups is 1. The molecule has 0 spiro atoms. The first-order chi connectivity index (χ1) is 8.40. The van der Waals surface area contributed by atoms with E-state index in [1.54, 1.807) is 11.3 Å². The van der Waals surface area contributed by atoms with Crippen LogP contribution in [0.25, 0.3) is 0 Å². The first-order valence-corrected chi connectivity index (χ1v) is 9.10. The maximum Gasteiger partial charge on any atom is 0.152 e. The Kier molecular flexibility index (Phi) is 3.80. The molecule has 1 fully saturated rings. The van der Waals surface area contributed by atoms with Crippen LogP contribution in [0, 0.1) is 6.92 Å². The number of hydrogen-bond acceptors (Lipinski definition) is 5. The van der Waals surface area contributed by atoms with Crippen LogP contribution in [-0.4, -0.2) is 31.5 Å². The standard InChI is InChI=1S/C12H20N2O2S2/c1-4-13-12(11-14-9(2)8-17-11)7-5-6-10(12)18(3,15)16/h8,10,13H,4-7H2,1-3H3. The molecule has 0 saturated heterocycles. The van der Waals surface area contributed by atoms with Crippen molar-refractivity contribution in [3.63, 3.8) is 0 Å². The molecule has 1 heterocycles. The minimum Gasteiger partial charge on any atom is -0.305 e. The highest BCUT2D eigenvalue weighted by molar-refractivity contribution is 7.91. The van der Waals surface area contributed by atoms with E-state index in [2.05, 4.69) is 10.3 Å². The van der Waals surface area contributed by atoms with Gasteiger partial charge in [-0.3, -0.25) is 0 Å². The molecule has 2 unspecified atom stereocenters. The van der Waals surface area contributed by atoms with Gasteiger partial charge in [-0.25, -0.2) is 13.4 Å². The molecule has 2 rings (SSSR count). The van der Waals surface area contributed by atoms with Crippen molar-refractivity contribution in [3.8, 4) is 0 Å². The average molecular weight is 288 g/mol. The number of aromatic nitrogens is 1. The van der Waals surface area contributed by atoms with E-state index in [0.29, 0.717) is 0 Å². The fourth-order valence-corrected chi connectivity index (χ4v) is 5.72. The van der Waals surface area contributed by atoms with E-state index >= 15 is 0 Å². The van der Waals surface area contributed by atoms with Gasteiger partial charge in [0.1, 0.15) is 5.01 Å². The number of hydrogen-bond donors (Lipinski definition) is 1. The van der Waals surface area contributed by atoms with Gasteiger partial charge in [0.2, 0.25) is 0 Å². The third-order valence-corrected chi connectivity index (χ3v) is 6.41. The van der Waals surface area contributed by atoms with Crippen molar-refractivity contribution >= 4 is 21.2 Å². The third-order valence-electron chi connectivity index (χ3n) is 3.60. The summed E-state index contributed by atoms with van der Waals surface area (Å²) in [7, 11) is -3.07. The second-order valence-electron chi connectivity index (χ2n) is 5.01. The number of rotatable bonds is 4. The van der Waals surface area contributed by atoms with Crippen LogP contribution in [0.4, 0.5) is 0 Å². The highest BCUT2D eigenvalue weighted by atomic mass is 32.2. The lowest BCUT2D eigenvalue weighted by Gasteiger charge is -2.33. The molecular weight excluding hydrogens is 268 g/mol. The molecule has 1 N–H and O–H groups in total. The summed E-state index contributed by atoms with van der Waals surface area (Å²) in [5.74, 6) is 0. The number of nitrogens with zero attached hydrogens (tertiary/aromatic N) is 1. The SMILES string of the molecule is CCNC1(c2nc(C)cs2)CCCC1S(C)(=O)=O. The highest BCUT2D eigenvalue weighted by Crippen LogP contribution is 2.43. The molecule has 1 aromatic heterocycles. The zero-order chi connectivity index (χ0) is 13.4. The number of aryl methyl sites for hydroxylation is 1. The molecular formula is C12H20N2O2S2. The zero-order valence-corrected chi connectivity index (χ0v) is 12.7. The van der Waals surface area contributed by atoms with Crippen LogP contribution in [0.15, 0.2) is 5.38 Å². The van der Waals surface area contributed by atoms with E-state index in [-0.39, 0.29) is 5.25 Å². The predicted octanol–water partition coefficient (Wildman–Crippen LogP) is 1.85. The van der Waals surface area contributed by atoms with E-state index in [1.807, 2.05) is 19.2 Å². The van der Waals surface area contributed by atoms with Crippen LogP contribution < -0.4 is 5.32 Å². The van der Waals surface area contributed by atoms with Gasteiger partial charge in [0.05, 0.1) is 10.8 Å². The van der Waals surface area contributed by atoms with E-state index in [4.69, 9.17) is 0 Å². The molecule has 2 atom stereocenters. The smallest absolute Gasteiger partial charge is 0.152 e. The molecule has 0 radical (unpaired) electrons. The van der Waals surface area contributed by atoms with Crippen LogP contribution in [-0.2, 0) is 15.4 Å². The topological polar surface area (TPSA) is 59.1 Å². The Hall–Kier alpha value is -0.460. The second kappa shape index (κ2) is 4.90. The first kappa shape index (κ1) is 14.0. The summed E-state index contributed by atoms with van der Waals surface area (Å²) in [5, 5.41) is 5.98. The monoisotopic (exact) mass is 288 g/mol. The van der Waals surface area contributed by atoms with Crippen molar-refractivity contribution in [3.05, 3.63) is 16.1 Å². The molecule has 4 nitrogen and oxygen atoms in total. The van der Waals surface area contributed by atoms with Crippen LogP contribution >= 0.6 is 11.3 Å². The summed E-state index contributed by atoms with van der Waals surface area (Å²) in [6, 6.07) is 0. The molecule has 0 aliphatic heterocycles. The lowest BCUT2D eigenvalue weighted by Crippen LogP contribution is -2.51. The molecule has 102 valence electrons. The maximum atomic E-state index is 12.0. The van der Waals surface area contributed by atoms with Gasteiger partial charge in [-0.15, -0.1) is 11.3 Å². The molecule has 0 aromatic carbocycles. The van der Waals surface area contributed by atoms with Crippen molar-refractivity contribution < 1.29 is 8.42 Å². The van der Waals surface area contributed by atoms with Gasteiger partial charge in [-0.2, -0.15) is 0 Å². The largest absolute Gasteiger partial charge is 0.305 e. The Bertz CT molecular complexity index is 524. The van der Waals surface area contributed by atoms with Crippen LogP contribution in [0.5, 0.6) is 0 Å². The third kappa shape index (κ3) is 2.33. The minimum absolute atomic E-state index is 0.351. The Morgan fingerprint density at radius 2 is 2.33 bits per heavy atom. The van der Waals surface area contributed by atoms with Gasteiger partial charge < -0.3 is 5.32 Å². The summed E-state index contributed by atoms with van der Waals surface area (Å²) in [6.07, 6.45) is 3.86. The van der Waals surface area contributed by atoms with Crippen molar-refractivity contribution in [1.82, 2.24) is 10.3 Å². The van der Waals surface area contributed by atoms with Gasteiger partial charge in [0.25, 0.3) is 0 Å². The molecule has 18 heavy (non-hydrogen) atoms. The Balaban J connectivity index is 2.49. The second-order valence-corrected chi connectivity index (χ2v) is 8.09. The summed E-state index contributed by atoms with van der Waals surface area (Å²) >= 11 is 1.57. The summed E-state index contributed by atoms with van der Waals surface area (Å²) in [4.78, 5) is 4.54. The number of thiazole rings is 1. The molecule has 1 aliphatic rings. The number of nitrogens with one attached hydrogen (secondary N) is 1. The van der Waals surface area contributed by atoms with Gasteiger partial charge in [-0.05, 0) is 32.7 Å². The van der Waals surface area contributed by atoms with Crippen LogP contribution in [0.3, 0.4) is 0 Å². The highest BCUT2D eigenvalue weighted by Gasteiger charge is 2.50. The van der Waals surface area contributed by atoms with Crippen LogP contribution in [0.2, 0.25) is 0 Å². The van der Waals surface area contributed by atoms with Crippen molar-refractivity contribution in [2.45, 2.75) is 43.9 Å². The molecule has 1 saturated carbocycles. The van der Waals surface area contributed by atoms with E-state index in [0.717, 1.165) is 36.5 Å².